The minimum Gasteiger partial charge on any atom is -0.508 e. The number of phenolic OH excluding ortho intramolecular Hbond substituents is 2. The Balaban J connectivity index is 2.08. The Morgan fingerprint density at radius 2 is 1.68 bits per heavy atom. The Kier molecular flexibility index (Phi) is 5.04. The summed E-state index contributed by atoms with van der Waals surface area (Å²) in [4.78, 5) is 12.2. The van der Waals surface area contributed by atoms with E-state index in [4.69, 9.17) is 4.74 Å². The maximum absolute atomic E-state index is 12.2. The van der Waals surface area contributed by atoms with Crippen LogP contribution in [-0.2, 0) is 12.8 Å². The Hall–Kier alpha value is -2.49. The molecule has 0 spiro atoms. The lowest BCUT2D eigenvalue weighted by molar-refractivity contribution is 0.0918. The van der Waals surface area contributed by atoms with Crippen molar-refractivity contribution in [1.82, 2.24) is 0 Å². The lowest BCUT2D eigenvalue weighted by Gasteiger charge is -2.10. The number of Topliss-reactive ketones (excluding diaryl/α,β-unsaturated/α-hetero) is 1. The first-order valence-corrected chi connectivity index (χ1v) is 7.35. The van der Waals surface area contributed by atoms with Gasteiger partial charge in [0.25, 0.3) is 0 Å². The molecule has 0 aliphatic heterocycles. The molecule has 0 unspecified atom stereocenters. The van der Waals surface area contributed by atoms with Gasteiger partial charge in [-0.3, -0.25) is 4.79 Å². The average molecular weight is 300 g/mol. The largest absolute Gasteiger partial charge is 0.508 e. The Morgan fingerprint density at radius 3 is 2.27 bits per heavy atom. The van der Waals surface area contributed by atoms with Gasteiger partial charge in [0.05, 0.1) is 5.56 Å². The molecule has 0 amide bonds. The molecule has 0 aliphatic rings. The number of ketones is 1. The van der Waals surface area contributed by atoms with E-state index in [1.807, 2.05) is 31.2 Å². The minimum atomic E-state index is -0.327. The molecular formula is C18H20O4. The van der Waals surface area contributed by atoms with Crippen LogP contribution < -0.4 is 4.74 Å². The number of hydrogen-bond acceptors (Lipinski definition) is 4. The van der Waals surface area contributed by atoms with Gasteiger partial charge >= 0.3 is 0 Å². The second-order valence-corrected chi connectivity index (χ2v) is 5.06. The summed E-state index contributed by atoms with van der Waals surface area (Å²) in [5.74, 6) is 0.0450. The quantitative estimate of drug-likeness (QED) is 0.801. The molecule has 2 aromatic carbocycles. The number of rotatable bonds is 6. The maximum Gasteiger partial charge on any atom is 0.203 e. The number of aromatic hydroxyl groups is 2. The molecule has 0 radical (unpaired) electrons. The highest BCUT2D eigenvalue weighted by Crippen LogP contribution is 2.28. The lowest BCUT2D eigenvalue weighted by atomic mass is 10.0. The van der Waals surface area contributed by atoms with Crippen LogP contribution in [0.4, 0.5) is 0 Å². The van der Waals surface area contributed by atoms with Gasteiger partial charge in [0.15, 0.2) is 6.61 Å². The van der Waals surface area contributed by atoms with Crippen molar-refractivity contribution < 1.29 is 19.7 Å². The zero-order chi connectivity index (χ0) is 16.1. The molecular weight excluding hydrogens is 280 g/mol. The number of hydrogen-bond donors (Lipinski definition) is 2. The van der Waals surface area contributed by atoms with Gasteiger partial charge in [-0.1, -0.05) is 26.0 Å². The molecule has 22 heavy (non-hydrogen) atoms. The molecule has 2 N–H and O–H groups in total. The van der Waals surface area contributed by atoms with Gasteiger partial charge in [-0.25, -0.2) is 0 Å². The average Bonchev–Trinajstić information content (AvgIpc) is 2.53. The maximum atomic E-state index is 12.2. The second-order valence-electron chi connectivity index (χ2n) is 5.06. The Bertz CT molecular complexity index is 660. The van der Waals surface area contributed by atoms with Gasteiger partial charge in [0, 0.05) is 6.07 Å². The van der Waals surface area contributed by atoms with Gasteiger partial charge in [-0.05, 0) is 42.2 Å². The van der Waals surface area contributed by atoms with E-state index in [1.54, 1.807) is 0 Å². The fraction of sp³-hybridized carbons (Fsp3) is 0.278. The first-order valence-electron chi connectivity index (χ1n) is 7.35. The van der Waals surface area contributed by atoms with Crippen LogP contribution in [-0.4, -0.2) is 22.6 Å². The number of phenols is 2. The number of aryl methyl sites for hydroxylation is 2. The summed E-state index contributed by atoms with van der Waals surface area (Å²) in [5.41, 5.74) is 1.98. The lowest BCUT2D eigenvalue weighted by Crippen LogP contribution is -2.12. The summed E-state index contributed by atoms with van der Waals surface area (Å²) >= 11 is 0. The van der Waals surface area contributed by atoms with Crippen molar-refractivity contribution in [2.45, 2.75) is 26.7 Å². The van der Waals surface area contributed by atoms with Crippen molar-refractivity contribution in [2.75, 3.05) is 6.61 Å². The predicted octanol–water partition coefficient (Wildman–Crippen LogP) is 3.48. The first-order chi connectivity index (χ1) is 10.5. The van der Waals surface area contributed by atoms with E-state index in [0.29, 0.717) is 17.7 Å². The summed E-state index contributed by atoms with van der Waals surface area (Å²) in [7, 11) is 0. The van der Waals surface area contributed by atoms with Gasteiger partial charge in [-0.2, -0.15) is 0 Å². The van der Waals surface area contributed by atoms with Gasteiger partial charge in [-0.15, -0.1) is 0 Å². The highest BCUT2D eigenvalue weighted by Gasteiger charge is 2.15. The van der Waals surface area contributed by atoms with Crippen molar-refractivity contribution in [3.63, 3.8) is 0 Å². The molecule has 0 aromatic heterocycles. The van der Waals surface area contributed by atoms with Crippen molar-refractivity contribution in [3.05, 3.63) is 53.1 Å². The molecule has 116 valence electrons. The summed E-state index contributed by atoms with van der Waals surface area (Å²) in [6.45, 7) is 3.78. The van der Waals surface area contributed by atoms with Crippen LogP contribution in [0.2, 0.25) is 0 Å². The third-order valence-corrected chi connectivity index (χ3v) is 3.58. The Labute approximate surface area is 130 Å². The van der Waals surface area contributed by atoms with Crippen LogP contribution >= 0.6 is 0 Å². The summed E-state index contributed by atoms with van der Waals surface area (Å²) in [6, 6.07) is 10.2. The smallest absolute Gasteiger partial charge is 0.203 e. The molecule has 0 aliphatic carbocycles. The molecule has 0 fully saturated rings. The van der Waals surface area contributed by atoms with Crippen LogP contribution in [0, 0.1) is 0 Å². The van der Waals surface area contributed by atoms with Gasteiger partial charge in [0.1, 0.15) is 17.2 Å². The predicted molar refractivity (Wildman–Crippen MR) is 84.8 cm³/mol. The summed E-state index contributed by atoms with van der Waals surface area (Å²) in [5, 5.41) is 19.5. The van der Waals surface area contributed by atoms with E-state index >= 15 is 0 Å². The number of carbonyl (C=O) groups is 1. The Morgan fingerprint density at radius 1 is 1.00 bits per heavy atom. The van der Waals surface area contributed by atoms with E-state index in [0.717, 1.165) is 6.42 Å². The highest BCUT2D eigenvalue weighted by atomic mass is 16.5. The first kappa shape index (κ1) is 15.9. The topological polar surface area (TPSA) is 66.8 Å². The van der Waals surface area contributed by atoms with E-state index < -0.39 is 0 Å². The fourth-order valence-corrected chi connectivity index (χ4v) is 2.18. The number of carbonyl (C=O) groups excluding carboxylic acids is 1. The molecule has 0 bridgehead atoms. The van der Waals surface area contributed by atoms with Crippen molar-refractivity contribution in [1.29, 1.82) is 0 Å². The van der Waals surface area contributed by atoms with E-state index in [9.17, 15) is 15.0 Å². The SMILES string of the molecule is CCc1ccc(OCC(=O)c2cc(CC)c(O)cc2O)cc1. The van der Waals surface area contributed by atoms with Crippen molar-refractivity contribution >= 4 is 5.78 Å². The van der Waals surface area contributed by atoms with Crippen LogP contribution in [0.1, 0.15) is 35.3 Å². The second kappa shape index (κ2) is 6.98. The molecule has 4 heteroatoms. The summed E-state index contributed by atoms with van der Waals surface area (Å²) < 4.78 is 5.46. The normalized spacial score (nSPS) is 10.5. The third-order valence-electron chi connectivity index (χ3n) is 3.58. The van der Waals surface area contributed by atoms with Crippen molar-refractivity contribution in [3.8, 4) is 17.2 Å². The zero-order valence-electron chi connectivity index (χ0n) is 12.8. The molecule has 0 heterocycles. The molecule has 0 saturated heterocycles. The third kappa shape index (κ3) is 3.58. The van der Waals surface area contributed by atoms with Gasteiger partial charge < -0.3 is 14.9 Å². The monoisotopic (exact) mass is 300 g/mol. The minimum absolute atomic E-state index is 0.00683. The van der Waals surface area contributed by atoms with Crippen molar-refractivity contribution in [2.24, 2.45) is 0 Å². The zero-order valence-corrected chi connectivity index (χ0v) is 12.8. The van der Waals surface area contributed by atoms with Crippen LogP contribution in [0.25, 0.3) is 0 Å². The molecule has 2 aromatic rings. The summed E-state index contributed by atoms with van der Waals surface area (Å²) in [6.07, 6.45) is 1.52. The standard InChI is InChI=1S/C18H20O4/c1-3-12-5-7-14(8-6-12)22-11-18(21)15-9-13(4-2)16(19)10-17(15)20/h5-10,19-20H,3-4,11H2,1-2H3. The van der Waals surface area contributed by atoms with Crippen LogP contribution in [0.3, 0.4) is 0 Å². The molecule has 4 nitrogen and oxygen atoms in total. The van der Waals surface area contributed by atoms with E-state index in [2.05, 4.69) is 6.92 Å². The number of ether oxygens (including phenoxy) is 1. The van der Waals surface area contributed by atoms with E-state index in [1.165, 1.54) is 17.7 Å². The molecule has 0 saturated carbocycles. The fourth-order valence-electron chi connectivity index (χ4n) is 2.18. The highest BCUT2D eigenvalue weighted by molar-refractivity contribution is 6.00. The van der Waals surface area contributed by atoms with Crippen LogP contribution in [0.5, 0.6) is 17.2 Å². The number of benzene rings is 2. The molecule has 0 atom stereocenters. The van der Waals surface area contributed by atoms with E-state index in [-0.39, 0.29) is 29.5 Å². The van der Waals surface area contributed by atoms with Crippen LogP contribution in [0.15, 0.2) is 36.4 Å². The van der Waals surface area contributed by atoms with Gasteiger partial charge in [0.2, 0.25) is 5.78 Å². The molecule has 2 rings (SSSR count).